The molecule has 156 valence electrons. The highest BCUT2D eigenvalue weighted by molar-refractivity contribution is 7.99. The SMILES string of the molecule is S=C(NCc1ccc(-c2ccc(Cl)cc2)o1)Nc1ccc(Sc2ccc(Cl)cc2)nc1. The topological polar surface area (TPSA) is 50.1 Å². The Balaban J connectivity index is 1.28. The van der Waals surface area contributed by atoms with E-state index in [-0.39, 0.29) is 0 Å². The van der Waals surface area contributed by atoms with Crippen LogP contribution >= 0.6 is 47.2 Å². The Kier molecular flexibility index (Phi) is 7.14. The Morgan fingerprint density at radius 2 is 1.61 bits per heavy atom. The second-order valence-corrected chi connectivity index (χ2v) is 8.90. The molecule has 0 aliphatic rings. The predicted octanol–water partition coefficient (Wildman–Crippen LogP) is 7.29. The molecule has 31 heavy (non-hydrogen) atoms. The normalized spacial score (nSPS) is 10.6. The number of rotatable bonds is 6. The van der Waals surface area contributed by atoms with Crippen LogP contribution in [0.4, 0.5) is 5.69 Å². The number of pyridine rings is 1. The van der Waals surface area contributed by atoms with E-state index in [1.165, 1.54) is 0 Å². The van der Waals surface area contributed by atoms with Crippen molar-refractivity contribution in [2.45, 2.75) is 16.5 Å². The van der Waals surface area contributed by atoms with Crippen molar-refractivity contribution in [3.63, 3.8) is 0 Å². The molecule has 4 nitrogen and oxygen atoms in total. The molecule has 0 aliphatic heterocycles. The van der Waals surface area contributed by atoms with E-state index >= 15 is 0 Å². The molecule has 0 saturated heterocycles. The van der Waals surface area contributed by atoms with Gasteiger partial charge < -0.3 is 15.1 Å². The molecule has 0 amide bonds. The van der Waals surface area contributed by atoms with Gasteiger partial charge in [-0.05, 0) is 85.0 Å². The zero-order valence-electron chi connectivity index (χ0n) is 16.1. The Morgan fingerprint density at radius 3 is 2.29 bits per heavy atom. The number of nitrogens with one attached hydrogen (secondary N) is 2. The molecule has 4 rings (SSSR count). The smallest absolute Gasteiger partial charge is 0.171 e. The van der Waals surface area contributed by atoms with Crippen LogP contribution in [0.25, 0.3) is 11.3 Å². The number of aromatic nitrogens is 1. The van der Waals surface area contributed by atoms with Crippen molar-refractivity contribution in [3.8, 4) is 11.3 Å². The van der Waals surface area contributed by atoms with Crippen LogP contribution in [-0.2, 0) is 6.54 Å². The van der Waals surface area contributed by atoms with Crippen molar-refractivity contribution in [2.75, 3.05) is 5.32 Å². The third-order valence-electron chi connectivity index (χ3n) is 4.24. The zero-order chi connectivity index (χ0) is 21.6. The average Bonchev–Trinajstić information content (AvgIpc) is 3.25. The maximum absolute atomic E-state index is 5.93. The van der Waals surface area contributed by atoms with Gasteiger partial charge in [-0.1, -0.05) is 35.0 Å². The standard InChI is InChI=1S/C23H17Cl2N3OS2/c24-16-3-1-15(2-4-16)21-11-8-19(29-21)14-27-23(30)28-18-7-12-22(26-13-18)31-20-9-5-17(25)6-10-20/h1-13H,14H2,(H2,27,28,30). The minimum Gasteiger partial charge on any atom is -0.459 e. The summed E-state index contributed by atoms with van der Waals surface area (Å²) in [6, 6.07) is 22.9. The first-order chi connectivity index (χ1) is 15.0. The van der Waals surface area contributed by atoms with E-state index in [0.29, 0.717) is 21.7 Å². The van der Waals surface area contributed by atoms with Crippen LogP contribution in [0.15, 0.2) is 93.3 Å². The van der Waals surface area contributed by atoms with Crippen LogP contribution in [-0.4, -0.2) is 10.1 Å². The van der Waals surface area contributed by atoms with Crippen molar-refractivity contribution in [3.05, 3.63) is 94.8 Å². The molecule has 0 unspecified atom stereocenters. The minimum atomic E-state index is 0.470. The Morgan fingerprint density at radius 1 is 0.903 bits per heavy atom. The molecule has 2 aromatic carbocycles. The van der Waals surface area contributed by atoms with E-state index in [0.717, 1.165) is 32.7 Å². The summed E-state index contributed by atoms with van der Waals surface area (Å²) in [5, 5.41) is 9.06. The molecule has 0 atom stereocenters. The first-order valence-electron chi connectivity index (χ1n) is 9.34. The Hall–Kier alpha value is -2.51. The minimum absolute atomic E-state index is 0.470. The summed E-state index contributed by atoms with van der Waals surface area (Å²) in [5.74, 6) is 1.56. The third-order valence-corrected chi connectivity index (χ3v) is 5.95. The molecule has 4 aromatic rings. The number of halogens is 2. The first kappa shape index (κ1) is 21.7. The lowest BCUT2D eigenvalue weighted by Crippen LogP contribution is -2.27. The molecule has 0 radical (unpaired) electrons. The van der Waals surface area contributed by atoms with Crippen LogP contribution in [0, 0.1) is 0 Å². The number of nitrogens with zero attached hydrogens (tertiary/aromatic N) is 1. The van der Waals surface area contributed by atoms with Gasteiger partial charge in [-0.15, -0.1) is 0 Å². The third kappa shape index (κ3) is 6.24. The zero-order valence-corrected chi connectivity index (χ0v) is 19.3. The fraction of sp³-hybridized carbons (Fsp3) is 0.0435. The van der Waals surface area contributed by atoms with E-state index in [1.54, 1.807) is 18.0 Å². The van der Waals surface area contributed by atoms with Gasteiger partial charge in [0.1, 0.15) is 16.5 Å². The second kappa shape index (κ2) is 10.2. The quantitative estimate of drug-likeness (QED) is 0.279. The number of hydrogen-bond acceptors (Lipinski definition) is 4. The lowest BCUT2D eigenvalue weighted by Gasteiger charge is -2.10. The molecule has 0 bridgehead atoms. The summed E-state index contributed by atoms with van der Waals surface area (Å²) in [5.41, 5.74) is 1.78. The van der Waals surface area contributed by atoms with Crippen molar-refractivity contribution >= 4 is 58.0 Å². The summed E-state index contributed by atoms with van der Waals surface area (Å²) in [7, 11) is 0. The largest absolute Gasteiger partial charge is 0.459 e. The molecule has 2 N–H and O–H groups in total. The van der Waals surface area contributed by atoms with Crippen LogP contribution in [0.2, 0.25) is 10.0 Å². The van der Waals surface area contributed by atoms with E-state index in [1.807, 2.05) is 72.8 Å². The summed E-state index contributed by atoms with van der Waals surface area (Å²) < 4.78 is 5.87. The van der Waals surface area contributed by atoms with Crippen molar-refractivity contribution < 1.29 is 4.42 Å². The molecule has 2 aromatic heterocycles. The fourth-order valence-corrected chi connectivity index (χ4v) is 3.92. The van der Waals surface area contributed by atoms with E-state index in [9.17, 15) is 0 Å². The number of anilines is 1. The molecule has 0 fully saturated rings. The summed E-state index contributed by atoms with van der Waals surface area (Å²) in [6.45, 7) is 0.470. The van der Waals surface area contributed by atoms with Crippen molar-refractivity contribution in [1.29, 1.82) is 0 Å². The number of hydrogen-bond donors (Lipinski definition) is 2. The number of thiocarbonyl (C=S) groups is 1. The molecule has 0 saturated carbocycles. The van der Waals surface area contributed by atoms with E-state index < -0.39 is 0 Å². The highest BCUT2D eigenvalue weighted by Crippen LogP contribution is 2.27. The maximum atomic E-state index is 5.93. The lowest BCUT2D eigenvalue weighted by molar-refractivity contribution is 0.516. The average molecular weight is 486 g/mol. The van der Waals surface area contributed by atoms with E-state index in [4.69, 9.17) is 39.8 Å². The summed E-state index contributed by atoms with van der Waals surface area (Å²) in [4.78, 5) is 5.54. The molecule has 8 heteroatoms. The van der Waals surface area contributed by atoms with Crippen LogP contribution < -0.4 is 10.6 Å². The van der Waals surface area contributed by atoms with Crippen molar-refractivity contribution in [2.24, 2.45) is 0 Å². The molecule has 0 spiro atoms. The monoisotopic (exact) mass is 485 g/mol. The number of furan rings is 1. The van der Waals surface area contributed by atoms with E-state index in [2.05, 4.69) is 15.6 Å². The Bertz CT molecular complexity index is 1160. The highest BCUT2D eigenvalue weighted by Gasteiger charge is 2.06. The van der Waals surface area contributed by atoms with Crippen LogP contribution in [0.1, 0.15) is 5.76 Å². The van der Waals surface area contributed by atoms with Gasteiger partial charge in [0.15, 0.2) is 5.11 Å². The van der Waals surface area contributed by atoms with Crippen LogP contribution in [0.5, 0.6) is 0 Å². The predicted molar refractivity (Wildman–Crippen MR) is 132 cm³/mol. The van der Waals surface area contributed by atoms with Gasteiger partial charge in [0.05, 0.1) is 18.4 Å². The van der Waals surface area contributed by atoms with Gasteiger partial charge in [-0.2, -0.15) is 0 Å². The Labute approximate surface area is 200 Å². The van der Waals surface area contributed by atoms with Gasteiger partial charge in [0.2, 0.25) is 0 Å². The number of benzene rings is 2. The van der Waals surface area contributed by atoms with Gasteiger partial charge in [-0.3, -0.25) is 0 Å². The lowest BCUT2D eigenvalue weighted by atomic mass is 10.2. The molecular weight excluding hydrogens is 469 g/mol. The van der Waals surface area contributed by atoms with Gasteiger partial charge in [-0.25, -0.2) is 4.98 Å². The maximum Gasteiger partial charge on any atom is 0.171 e. The second-order valence-electron chi connectivity index (χ2n) is 6.52. The van der Waals surface area contributed by atoms with Gasteiger partial charge >= 0.3 is 0 Å². The molecule has 0 aliphatic carbocycles. The molecule has 2 heterocycles. The van der Waals surface area contributed by atoms with Crippen molar-refractivity contribution in [1.82, 2.24) is 10.3 Å². The fourth-order valence-electron chi connectivity index (χ4n) is 2.72. The summed E-state index contributed by atoms with van der Waals surface area (Å²) in [6.07, 6.45) is 1.75. The van der Waals surface area contributed by atoms with Gasteiger partial charge in [0.25, 0.3) is 0 Å². The van der Waals surface area contributed by atoms with Gasteiger partial charge in [0, 0.05) is 20.5 Å². The van der Waals surface area contributed by atoms with Crippen LogP contribution in [0.3, 0.4) is 0 Å². The summed E-state index contributed by atoms with van der Waals surface area (Å²) >= 11 is 18.8. The first-order valence-corrected chi connectivity index (χ1v) is 11.3. The highest BCUT2D eigenvalue weighted by atomic mass is 35.5. The molecular formula is C23H17Cl2N3OS2.